The second kappa shape index (κ2) is 5.73. The number of thioether (sulfide) groups is 1. The summed E-state index contributed by atoms with van der Waals surface area (Å²) in [4.78, 5) is 19.5. The molecule has 0 aliphatic carbocycles. The molecule has 0 radical (unpaired) electrons. The molecule has 5 nitrogen and oxygen atoms in total. The van der Waals surface area contributed by atoms with E-state index in [1.165, 1.54) is 4.52 Å². The van der Waals surface area contributed by atoms with Gasteiger partial charge in [0.05, 0.1) is 5.69 Å². The number of aromatic amines is 1. The molecule has 21 heavy (non-hydrogen) atoms. The van der Waals surface area contributed by atoms with E-state index in [9.17, 15) is 4.79 Å². The zero-order chi connectivity index (χ0) is 14.8. The third kappa shape index (κ3) is 2.58. The Bertz CT molecular complexity index is 823. The lowest BCUT2D eigenvalue weighted by molar-refractivity contribution is 0.779. The molecule has 0 saturated carbocycles. The highest BCUT2D eigenvalue weighted by atomic mass is 32.2. The molecule has 0 unspecified atom stereocenters. The predicted octanol–water partition coefficient (Wildman–Crippen LogP) is 2.90. The van der Waals surface area contributed by atoms with Crippen LogP contribution in [0.25, 0.3) is 16.8 Å². The molecule has 0 atom stereocenters. The number of hydrogen-bond donors (Lipinski definition) is 1. The number of rotatable bonds is 4. The zero-order valence-electron chi connectivity index (χ0n) is 12.0. The first-order chi connectivity index (χ1) is 10.2. The maximum Gasteiger partial charge on any atom is 0.350 e. The number of aryl methyl sites for hydroxylation is 1. The number of aromatic nitrogens is 4. The summed E-state index contributed by atoms with van der Waals surface area (Å²) in [6.07, 6.45) is 1.03. The molecule has 0 aliphatic rings. The van der Waals surface area contributed by atoms with Crippen LogP contribution < -0.4 is 5.69 Å². The zero-order valence-corrected chi connectivity index (χ0v) is 12.8. The highest BCUT2D eigenvalue weighted by Crippen LogP contribution is 2.26. The molecule has 0 spiro atoms. The number of benzene rings is 1. The molecule has 2 aromatic heterocycles. The summed E-state index contributed by atoms with van der Waals surface area (Å²) in [5, 5.41) is 4.96. The summed E-state index contributed by atoms with van der Waals surface area (Å²) < 4.78 is 1.34. The molecule has 0 saturated heterocycles. The molecule has 0 fully saturated rings. The molecular weight excluding hydrogens is 284 g/mol. The van der Waals surface area contributed by atoms with Gasteiger partial charge in [0, 0.05) is 11.3 Å². The Hall–Kier alpha value is -2.08. The van der Waals surface area contributed by atoms with Crippen LogP contribution in [0.1, 0.15) is 19.0 Å². The van der Waals surface area contributed by atoms with E-state index < -0.39 is 0 Å². The van der Waals surface area contributed by atoms with Gasteiger partial charge >= 0.3 is 5.69 Å². The van der Waals surface area contributed by atoms with Gasteiger partial charge in [0.25, 0.3) is 0 Å². The Kier molecular flexibility index (Phi) is 3.79. The molecule has 3 rings (SSSR count). The minimum absolute atomic E-state index is 0.246. The van der Waals surface area contributed by atoms with Gasteiger partial charge in [0.1, 0.15) is 0 Å². The number of fused-ring (bicyclic) bond motifs is 1. The van der Waals surface area contributed by atoms with Crippen molar-refractivity contribution >= 4 is 17.4 Å². The topological polar surface area (TPSA) is 63.1 Å². The van der Waals surface area contributed by atoms with E-state index in [1.54, 1.807) is 11.8 Å². The van der Waals surface area contributed by atoms with Crippen molar-refractivity contribution in [1.29, 1.82) is 0 Å². The Morgan fingerprint density at radius 2 is 2.05 bits per heavy atom. The van der Waals surface area contributed by atoms with E-state index in [2.05, 4.69) is 22.0 Å². The maximum atomic E-state index is 12.2. The number of nitrogens with zero attached hydrogens (tertiary/aromatic N) is 3. The van der Waals surface area contributed by atoms with Crippen molar-refractivity contribution in [1.82, 2.24) is 19.6 Å². The van der Waals surface area contributed by atoms with Crippen LogP contribution >= 0.6 is 11.8 Å². The molecular formula is C15H16N4OS. The van der Waals surface area contributed by atoms with Crippen molar-refractivity contribution in [2.45, 2.75) is 25.4 Å². The summed E-state index contributed by atoms with van der Waals surface area (Å²) in [6, 6.07) is 9.92. The Labute approximate surface area is 126 Å². The van der Waals surface area contributed by atoms with E-state index in [0.717, 1.165) is 29.0 Å². The predicted molar refractivity (Wildman–Crippen MR) is 84.8 cm³/mol. The highest BCUT2D eigenvalue weighted by molar-refractivity contribution is 7.99. The molecule has 0 amide bonds. The summed E-state index contributed by atoms with van der Waals surface area (Å²) in [5.74, 6) is 0.924. The Balaban J connectivity index is 2.22. The first-order valence-electron chi connectivity index (χ1n) is 6.88. The fourth-order valence-electron chi connectivity index (χ4n) is 2.24. The van der Waals surface area contributed by atoms with Crippen molar-refractivity contribution in [2.75, 3.05) is 5.75 Å². The average molecular weight is 300 g/mol. The van der Waals surface area contributed by atoms with Gasteiger partial charge in [-0.3, -0.25) is 4.98 Å². The van der Waals surface area contributed by atoms with Gasteiger partial charge in [-0.15, -0.1) is 0 Å². The largest absolute Gasteiger partial charge is 0.350 e. The van der Waals surface area contributed by atoms with Gasteiger partial charge in [0.15, 0.2) is 10.8 Å². The van der Waals surface area contributed by atoms with Crippen molar-refractivity contribution in [3.05, 3.63) is 46.5 Å². The standard InChI is InChI=1S/C15H16N4OS/c1-3-9-21-14-16-13-12(11-7-5-4-6-8-11)10(2)18-19(13)15(20)17-14/h4-8H,3,9H2,1-2H3,(H,16,17,20). The van der Waals surface area contributed by atoms with Crippen LogP contribution in [0.15, 0.2) is 40.3 Å². The van der Waals surface area contributed by atoms with Gasteiger partial charge in [-0.2, -0.15) is 9.61 Å². The minimum atomic E-state index is -0.246. The fourth-order valence-corrected chi connectivity index (χ4v) is 2.95. The lowest BCUT2D eigenvalue weighted by Gasteiger charge is -2.02. The molecule has 2 heterocycles. The van der Waals surface area contributed by atoms with Crippen LogP contribution in [0.3, 0.4) is 0 Å². The van der Waals surface area contributed by atoms with Gasteiger partial charge < -0.3 is 0 Å². The van der Waals surface area contributed by atoms with E-state index in [-0.39, 0.29) is 5.69 Å². The van der Waals surface area contributed by atoms with Crippen LogP contribution in [-0.2, 0) is 0 Å². The van der Waals surface area contributed by atoms with E-state index in [4.69, 9.17) is 0 Å². The highest BCUT2D eigenvalue weighted by Gasteiger charge is 2.15. The second-order valence-corrected chi connectivity index (χ2v) is 5.84. The van der Waals surface area contributed by atoms with Crippen molar-refractivity contribution in [2.24, 2.45) is 0 Å². The van der Waals surface area contributed by atoms with Gasteiger partial charge in [0.2, 0.25) is 0 Å². The van der Waals surface area contributed by atoms with E-state index in [0.29, 0.717) is 10.8 Å². The van der Waals surface area contributed by atoms with Crippen LogP contribution in [-0.4, -0.2) is 25.3 Å². The normalized spacial score (nSPS) is 11.1. The lowest BCUT2D eigenvalue weighted by Crippen LogP contribution is -2.19. The van der Waals surface area contributed by atoms with Crippen LogP contribution in [0.5, 0.6) is 0 Å². The third-order valence-corrected chi connectivity index (χ3v) is 4.23. The number of nitrogens with one attached hydrogen (secondary N) is 1. The molecule has 1 aromatic carbocycles. The number of H-pyrrole nitrogens is 1. The van der Waals surface area contributed by atoms with Gasteiger partial charge in [-0.05, 0) is 18.9 Å². The Morgan fingerprint density at radius 3 is 2.76 bits per heavy atom. The molecule has 1 N–H and O–H groups in total. The molecule has 6 heteroatoms. The molecule has 0 bridgehead atoms. The fraction of sp³-hybridized carbons (Fsp3) is 0.267. The van der Waals surface area contributed by atoms with E-state index in [1.807, 2.05) is 37.3 Å². The SMILES string of the molecule is CCCSc1nc2c(-c3ccccc3)c(C)nn2c(=O)[nH]1. The quantitative estimate of drug-likeness (QED) is 0.753. The summed E-state index contributed by atoms with van der Waals surface area (Å²) in [6.45, 7) is 4.00. The van der Waals surface area contributed by atoms with Crippen LogP contribution in [0.2, 0.25) is 0 Å². The molecule has 108 valence electrons. The summed E-state index contributed by atoms with van der Waals surface area (Å²) in [7, 11) is 0. The minimum Gasteiger partial charge on any atom is -0.285 e. The lowest BCUT2D eigenvalue weighted by atomic mass is 10.1. The molecule has 3 aromatic rings. The van der Waals surface area contributed by atoms with Gasteiger partial charge in [-0.1, -0.05) is 49.0 Å². The van der Waals surface area contributed by atoms with Crippen molar-refractivity contribution < 1.29 is 0 Å². The van der Waals surface area contributed by atoms with Crippen molar-refractivity contribution in [3.8, 4) is 11.1 Å². The number of hydrogen-bond acceptors (Lipinski definition) is 4. The Morgan fingerprint density at radius 1 is 1.29 bits per heavy atom. The van der Waals surface area contributed by atoms with E-state index >= 15 is 0 Å². The first kappa shape index (κ1) is 13.9. The third-order valence-electron chi connectivity index (χ3n) is 3.16. The maximum absolute atomic E-state index is 12.2. The van der Waals surface area contributed by atoms with Crippen LogP contribution in [0, 0.1) is 6.92 Å². The van der Waals surface area contributed by atoms with Crippen LogP contribution in [0.4, 0.5) is 0 Å². The first-order valence-corrected chi connectivity index (χ1v) is 7.87. The van der Waals surface area contributed by atoms with Gasteiger partial charge in [-0.25, -0.2) is 9.78 Å². The monoisotopic (exact) mass is 300 g/mol. The summed E-state index contributed by atoms with van der Waals surface area (Å²) >= 11 is 1.55. The molecule has 0 aliphatic heterocycles. The second-order valence-electron chi connectivity index (χ2n) is 4.76. The smallest absolute Gasteiger partial charge is 0.285 e. The summed E-state index contributed by atoms with van der Waals surface area (Å²) in [5.41, 5.74) is 3.11. The van der Waals surface area contributed by atoms with Crippen molar-refractivity contribution in [3.63, 3.8) is 0 Å². The average Bonchev–Trinajstić information content (AvgIpc) is 2.83.